The normalized spacial score (nSPS) is 22.7. The fraction of sp³-hybridized carbons (Fsp3) is 0.500. The molecule has 1 aromatic rings. The molecule has 0 radical (unpaired) electrons. The molecule has 1 atom stereocenters. The molecule has 1 saturated heterocycles. The summed E-state index contributed by atoms with van der Waals surface area (Å²) in [4.78, 5) is 11.7. The second kappa shape index (κ2) is 5.87. The molecule has 98 valence electrons. The van der Waals surface area contributed by atoms with Gasteiger partial charge in [-0.25, -0.2) is 0 Å². The highest BCUT2D eigenvalue weighted by atomic mass is 16.5. The van der Waals surface area contributed by atoms with E-state index in [4.69, 9.17) is 4.74 Å². The lowest BCUT2D eigenvalue weighted by Gasteiger charge is -2.23. The average Bonchev–Trinajstić information content (AvgIpc) is 2.83. The molecule has 1 heterocycles. The summed E-state index contributed by atoms with van der Waals surface area (Å²) in [5.41, 5.74) is 0.776. The standard InChI is InChI=1S/C14H20N2O2/c1-14(8-5-9-18-14)11-16-13(17)10-15-12-6-3-2-4-7-12/h2-4,6-7,15H,5,8-11H2,1H3,(H,16,17). The van der Waals surface area contributed by atoms with E-state index in [0.29, 0.717) is 13.1 Å². The number of ether oxygens (including phenoxy) is 1. The third-order valence-electron chi connectivity index (χ3n) is 3.19. The fourth-order valence-electron chi connectivity index (χ4n) is 2.06. The molecule has 1 unspecified atom stereocenters. The highest BCUT2D eigenvalue weighted by Gasteiger charge is 2.29. The lowest BCUT2D eigenvalue weighted by Crippen LogP contribution is -2.42. The Labute approximate surface area is 108 Å². The molecule has 4 nitrogen and oxygen atoms in total. The van der Waals surface area contributed by atoms with Crippen LogP contribution in [0.4, 0.5) is 5.69 Å². The third-order valence-corrected chi connectivity index (χ3v) is 3.19. The Morgan fingerprint density at radius 1 is 1.39 bits per heavy atom. The van der Waals surface area contributed by atoms with Crippen molar-refractivity contribution >= 4 is 11.6 Å². The first-order valence-electron chi connectivity index (χ1n) is 6.38. The molecule has 2 N–H and O–H groups in total. The maximum Gasteiger partial charge on any atom is 0.239 e. The van der Waals surface area contributed by atoms with Crippen LogP contribution in [0.1, 0.15) is 19.8 Å². The Bertz CT molecular complexity index is 386. The van der Waals surface area contributed by atoms with Crippen LogP contribution in [-0.4, -0.2) is 31.2 Å². The summed E-state index contributed by atoms with van der Waals surface area (Å²) in [6, 6.07) is 9.70. The van der Waals surface area contributed by atoms with Gasteiger partial charge in [-0.2, -0.15) is 0 Å². The molecule has 0 aromatic heterocycles. The van der Waals surface area contributed by atoms with Crippen LogP contribution in [-0.2, 0) is 9.53 Å². The van der Waals surface area contributed by atoms with Crippen molar-refractivity contribution in [2.24, 2.45) is 0 Å². The number of rotatable bonds is 5. The van der Waals surface area contributed by atoms with Gasteiger partial charge in [-0.3, -0.25) is 4.79 Å². The molecule has 1 amide bonds. The second-order valence-electron chi connectivity index (χ2n) is 4.90. The molecular weight excluding hydrogens is 228 g/mol. The Morgan fingerprint density at radius 2 is 2.17 bits per heavy atom. The minimum Gasteiger partial charge on any atom is -0.376 e. The van der Waals surface area contributed by atoms with Gasteiger partial charge >= 0.3 is 0 Å². The van der Waals surface area contributed by atoms with Crippen LogP contribution < -0.4 is 10.6 Å². The Kier molecular flexibility index (Phi) is 4.20. The Hall–Kier alpha value is -1.55. The maximum atomic E-state index is 11.7. The van der Waals surface area contributed by atoms with Crippen LogP contribution in [0, 0.1) is 0 Å². The van der Waals surface area contributed by atoms with E-state index >= 15 is 0 Å². The zero-order chi connectivity index (χ0) is 12.8. The highest BCUT2D eigenvalue weighted by molar-refractivity contribution is 5.80. The van der Waals surface area contributed by atoms with Gasteiger partial charge in [0.2, 0.25) is 5.91 Å². The van der Waals surface area contributed by atoms with Crippen molar-refractivity contribution in [3.05, 3.63) is 30.3 Å². The molecule has 4 heteroatoms. The fourth-order valence-corrected chi connectivity index (χ4v) is 2.06. The van der Waals surface area contributed by atoms with E-state index in [2.05, 4.69) is 10.6 Å². The molecule has 0 spiro atoms. The molecule has 0 saturated carbocycles. The van der Waals surface area contributed by atoms with Crippen molar-refractivity contribution in [2.75, 3.05) is 25.0 Å². The summed E-state index contributed by atoms with van der Waals surface area (Å²) in [7, 11) is 0. The van der Waals surface area contributed by atoms with E-state index in [0.717, 1.165) is 25.1 Å². The number of anilines is 1. The van der Waals surface area contributed by atoms with Gasteiger partial charge in [0.15, 0.2) is 0 Å². The van der Waals surface area contributed by atoms with Crippen molar-refractivity contribution in [1.29, 1.82) is 0 Å². The van der Waals surface area contributed by atoms with Crippen LogP contribution in [0.2, 0.25) is 0 Å². The number of hydrogen-bond acceptors (Lipinski definition) is 3. The van der Waals surface area contributed by atoms with E-state index in [9.17, 15) is 4.79 Å². The molecule has 1 aliphatic rings. The van der Waals surface area contributed by atoms with Crippen LogP contribution in [0.15, 0.2) is 30.3 Å². The van der Waals surface area contributed by atoms with E-state index in [-0.39, 0.29) is 11.5 Å². The van der Waals surface area contributed by atoms with Gasteiger partial charge in [-0.05, 0) is 31.9 Å². The summed E-state index contributed by atoms with van der Waals surface area (Å²) in [6.07, 6.45) is 2.09. The van der Waals surface area contributed by atoms with Gasteiger partial charge < -0.3 is 15.4 Å². The largest absolute Gasteiger partial charge is 0.376 e. The molecule has 0 bridgehead atoms. The van der Waals surface area contributed by atoms with Crippen LogP contribution in [0.25, 0.3) is 0 Å². The summed E-state index contributed by atoms with van der Waals surface area (Å²) < 4.78 is 5.62. The number of para-hydroxylation sites is 1. The van der Waals surface area contributed by atoms with Crippen molar-refractivity contribution in [3.63, 3.8) is 0 Å². The van der Waals surface area contributed by atoms with Crippen molar-refractivity contribution in [3.8, 4) is 0 Å². The molecule has 2 rings (SSSR count). The third kappa shape index (κ3) is 3.74. The second-order valence-corrected chi connectivity index (χ2v) is 4.90. The summed E-state index contributed by atoms with van der Waals surface area (Å²) in [5.74, 6) is -0.00409. The Morgan fingerprint density at radius 3 is 2.83 bits per heavy atom. The SMILES string of the molecule is CC1(CNC(=O)CNc2ccccc2)CCCO1. The molecule has 1 aromatic carbocycles. The molecule has 1 fully saturated rings. The number of nitrogens with one attached hydrogen (secondary N) is 2. The lowest BCUT2D eigenvalue weighted by atomic mass is 10.0. The van der Waals surface area contributed by atoms with Gasteiger partial charge in [0.1, 0.15) is 0 Å². The van der Waals surface area contributed by atoms with Gasteiger partial charge in [0, 0.05) is 18.8 Å². The van der Waals surface area contributed by atoms with Gasteiger partial charge in [-0.1, -0.05) is 18.2 Å². The molecule has 0 aliphatic carbocycles. The smallest absolute Gasteiger partial charge is 0.239 e. The summed E-state index contributed by atoms with van der Waals surface area (Å²) in [6.45, 7) is 3.72. The first kappa shape index (κ1) is 12.9. The lowest BCUT2D eigenvalue weighted by molar-refractivity contribution is -0.120. The Balaban J connectivity index is 1.69. The van der Waals surface area contributed by atoms with Crippen LogP contribution in [0.5, 0.6) is 0 Å². The monoisotopic (exact) mass is 248 g/mol. The minimum absolute atomic E-state index is 0.00409. The van der Waals surface area contributed by atoms with Crippen molar-refractivity contribution in [1.82, 2.24) is 5.32 Å². The zero-order valence-electron chi connectivity index (χ0n) is 10.7. The molecule has 1 aliphatic heterocycles. The topological polar surface area (TPSA) is 50.4 Å². The van der Waals surface area contributed by atoms with Crippen molar-refractivity contribution in [2.45, 2.75) is 25.4 Å². The predicted octanol–water partition coefficient (Wildman–Crippen LogP) is 1.78. The first-order chi connectivity index (χ1) is 8.68. The molecular formula is C14H20N2O2. The van der Waals surface area contributed by atoms with Gasteiger partial charge in [0.05, 0.1) is 12.1 Å². The molecule has 18 heavy (non-hydrogen) atoms. The van der Waals surface area contributed by atoms with Crippen molar-refractivity contribution < 1.29 is 9.53 Å². The van der Waals surface area contributed by atoms with Crippen LogP contribution in [0.3, 0.4) is 0 Å². The number of amides is 1. The van der Waals surface area contributed by atoms with E-state index in [1.807, 2.05) is 37.3 Å². The quantitative estimate of drug-likeness (QED) is 0.835. The number of carbonyl (C=O) groups is 1. The van der Waals surface area contributed by atoms with Gasteiger partial charge in [-0.15, -0.1) is 0 Å². The maximum absolute atomic E-state index is 11.7. The van der Waals surface area contributed by atoms with E-state index in [1.165, 1.54) is 0 Å². The summed E-state index contributed by atoms with van der Waals surface area (Å²) in [5, 5.41) is 5.99. The number of carbonyl (C=O) groups excluding carboxylic acids is 1. The van der Waals surface area contributed by atoms with Crippen LogP contribution >= 0.6 is 0 Å². The first-order valence-corrected chi connectivity index (χ1v) is 6.38. The summed E-state index contributed by atoms with van der Waals surface area (Å²) >= 11 is 0. The van der Waals surface area contributed by atoms with E-state index < -0.39 is 0 Å². The number of hydrogen-bond donors (Lipinski definition) is 2. The zero-order valence-corrected chi connectivity index (χ0v) is 10.7. The number of benzene rings is 1. The average molecular weight is 248 g/mol. The van der Waals surface area contributed by atoms with E-state index in [1.54, 1.807) is 0 Å². The highest BCUT2D eigenvalue weighted by Crippen LogP contribution is 2.23. The minimum atomic E-state index is -0.178. The predicted molar refractivity (Wildman–Crippen MR) is 71.5 cm³/mol. The van der Waals surface area contributed by atoms with Gasteiger partial charge in [0.25, 0.3) is 0 Å².